The Morgan fingerprint density at radius 3 is 2.78 bits per heavy atom. The van der Waals surface area contributed by atoms with Crippen molar-refractivity contribution >= 4 is 5.91 Å². The maximum absolute atomic E-state index is 12.0. The van der Waals surface area contributed by atoms with Gasteiger partial charge in [0.25, 0.3) is 0 Å². The van der Waals surface area contributed by atoms with E-state index >= 15 is 0 Å². The molecule has 0 spiro atoms. The van der Waals surface area contributed by atoms with Gasteiger partial charge in [0.05, 0.1) is 12.0 Å². The van der Waals surface area contributed by atoms with E-state index in [9.17, 15) is 9.90 Å². The van der Waals surface area contributed by atoms with E-state index in [1.54, 1.807) is 6.20 Å². The molecule has 0 aliphatic heterocycles. The first kappa shape index (κ1) is 16.2. The highest BCUT2D eigenvalue weighted by molar-refractivity contribution is 5.77. The largest absolute Gasteiger partial charge is 0.474 e. The first-order chi connectivity index (χ1) is 11.1. The Morgan fingerprint density at radius 1 is 1.30 bits per heavy atom. The van der Waals surface area contributed by atoms with E-state index in [0.717, 1.165) is 44.1 Å². The summed E-state index contributed by atoms with van der Waals surface area (Å²) in [6.45, 7) is 0.443. The van der Waals surface area contributed by atoms with E-state index in [4.69, 9.17) is 4.74 Å². The van der Waals surface area contributed by atoms with Crippen LogP contribution in [0.3, 0.4) is 0 Å². The number of pyridine rings is 1. The van der Waals surface area contributed by atoms with Gasteiger partial charge < -0.3 is 15.2 Å². The van der Waals surface area contributed by atoms with Crippen LogP contribution in [0.1, 0.15) is 63.4 Å². The van der Waals surface area contributed by atoms with Crippen molar-refractivity contribution in [3.63, 3.8) is 0 Å². The first-order valence-corrected chi connectivity index (χ1v) is 8.74. The minimum atomic E-state index is -0.793. The summed E-state index contributed by atoms with van der Waals surface area (Å²) >= 11 is 0. The Balaban J connectivity index is 1.48. The lowest BCUT2D eigenvalue weighted by molar-refractivity contribution is -0.126. The van der Waals surface area contributed by atoms with Crippen LogP contribution < -0.4 is 10.1 Å². The van der Waals surface area contributed by atoms with Gasteiger partial charge in [0, 0.05) is 18.8 Å². The average molecular weight is 318 g/mol. The molecule has 5 heteroatoms. The number of carbonyl (C=O) groups excluding carboxylic acids is 1. The molecule has 0 atom stereocenters. The third-order valence-corrected chi connectivity index (χ3v) is 4.90. The van der Waals surface area contributed by atoms with Gasteiger partial charge in [0.1, 0.15) is 6.10 Å². The number of nitrogens with zero attached hydrogens (tertiary/aromatic N) is 1. The third-order valence-electron chi connectivity index (χ3n) is 4.90. The Labute approximate surface area is 137 Å². The topological polar surface area (TPSA) is 71.5 Å². The van der Waals surface area contributed by atoms with Crippen molar-refractivity contribution in [2.75, 3.05) is 0 Å². The van der Waals surface area contributed by atoms with Gasteiger partial charge in [-0.25, -0.2) is 4.98 Å². The number of hydrogen-bond acceptors (Lipinski definition) is 4. The van der Waals surface area contributed by atoms with Crippen LogP contribution in [-0.2, 0) is 11.3 Å². The summed E-state index contributed by atoms with van der Waals surface area (Å²) in [4.78, 5) is 16.3. The van der Waals surface area contributed by atoms with Crippen molar-refractivity contribution < 1.29 is 14.6 Å². The molecular weight excluding hydrogens is 292 g/mol. The molecule has 2 N–H and O–H groups in total. The van der Waals surface area contributed by atoms with Crippen molar-refractivity contribution in [3.05, 3.63) is 23.9 Å². The molecule has 0 radical (unpaired) electrons. The Morgan fingerprint density at radius 2 is 2.04 bits per heavy atom. The molecule has 1 aromatic rings. The lowest BCUT2D eigenvalue weighted by atomic mass is 9.98. The molecule has 1 heterocycles. The van der Waals surface area contributed by atoms with Gasteiger partial charge >= 0.3 is 0 Å². The van der Waals surface area contributed by atoms with E-state index in [2.05, 4.69) is 10.3 Å². The van der Waals surface area contributed by atoms with Gasteiger partial charge in [-0.3, -0.25) is 4.79 Å². The molecule has 0 unspecified atom stereocenters. The summed E-state index contributed by atoms with van der Waals surface area (Å²) in [5, 5.41) is 13.2. The fourth-order valence-corrected chi connectivity index (χ4v) is 3.57. The molecule has 1 amide bonds. The summed E-state index contributed by atoms with van der Waals surface area (Å²) in [5.74, 6) is 0.544. The van der Waals surface area contributed by atoms with E-state index in [-0.39, 0.29) is 18.4 Å². The quantitative estimate of drug-likeness (QED) is 0.846. The van der Waals surface area contributed by atoms with Crippen LogP contribution in [0.5, 0.6) is 5.88 Å². The second-order valence-electron chi connectivity index (χ2n) is 6.91. The van der Waals surface area contributed by atoms with Crippen molar-refractivity contribution in [1.29, 1.82) is 0 Å². The van der Waals surface area contributed by atoms with Crippen LogP contribution >= 0.6 is 0 Å². The van der Waals surface area contributed by atoms with E-state index in [0.29, 0.717) is 12.4 Å². The minimum absolute atomic E-state index is 0.0931. The number of nitrogens with one attached hydrogen (secondary N) is 1. The molecule has 1 aromatic heterocycles. The molecule has 2 aliphatic carbocycles. The standard InChI is InChI=1S/C18H26N2O3/c21-16(12-18(22)8-3-4-9-18)20-13-14-7-10-19-17(11-14)23-15-5-1-2-6-15/h7,10-11,15,22H,1-6,8-9,12-13H2,(H,20,21). The third kappa shape index (κ3) is 4.67. The van der Waals surface area contributed by atoms with Gasteiger partial charge in [-0.1, -0.05) is 12.8 Å². The molecular formula is C18H26N2O3. The summed E-state index contributed by atoms with van der Waals surface area (Å²) in [7, 11) is 0. The highest BCUT2D eigenvalue weighted by atomic mass is 16.5. The van der Waals surface area contributed by atoms with Crippen molar-refractivity contribution in [3.8, 4) is 5.88 Å². The van der Waals surface area contributed by atoms with Gasteiger partial charge in [-0.15, -0.1) is 0 Å². The van der Waals surface area contributed by atoms with Crippen LogP contribution in [0, 0.1) is 0 Å². The van der Waals surface area contributed by atoms with Crippen molar-refractivity contribution in [2.45, 2.75) is 76.0 Å². The second kappa shape index (κ2) is 7.30. The van der Waals surface area contributed by atoms with Crippen LogP contribution in [-0.4, -0.2) is 27.7 Å². The van der Waals surface area contributed by atoms with Gasteiger partial charge in [-0.05, 0) is 50.2 Å². The van der Waals surface area contributed by atoms with E-state index < -0.39 is 5.60 Å². The number of amides is 1. The lowest BCUT2D eigenvalue weighted by Crippen LogP contribution is -2.34. The number of ether oxygens (including phenoxy) is 1. The number of aromatic nitrogens is 1. The minimum Gasteiger partial charge on any atom is -0.474 e. The van der Waals surface area contributed by atoms with Crippen LogP contribution in [0.15, 0.2) is 18.3 Å². The fourth-order valence-electron chi connectivity index (χ4n) is 3.57. The summed E-state index contributed by atoms with van der Waals surface area (Å²) in [6.07, 6.45) is 10.3. The maximum atomic E-state index is 12.0. The summed E-state index contributed by atoms with van der Waals surface area (Å²) in [5.41, 5.74) is 0.179. The Hall–Kier alpha value is -1.62. The average Bonchev–Trinajstić information content (AvgIpc) is 3.18. The predicted molar refractivity (Wildman–Crippen MR) is 87.0 cm³/mol. The van der Waals surface area contributed by atoms with Crippen molar-refractivity contribution in [2.24, 2.45) is 0 Å². The van der Waals surface area contributed by atoms with Crippen molar-refractivity contribution in [1.82, 2.24) is 10.3 Å². The molecule has 2 fully saturated rings. The second-order valence-corrected chi connectivity index (χ2v) is 6.91. The summed E-state index contributed by atoms with van der Waals surface area (Å²) in [6, 6.07) is 3.77. The van der Waals surface area contributed by atoms with Crippen LogP contribution in [0.25, 0.3) is 0 Å². The predicted octanol–water partition coefficient (Wildman–Crippen LogP) is 2.71. The highest BCUT2D eigenvalue weighted by Gasteiger charge is 2.33. The molecule has 2 aliphatic rings. The highest BCUT2D eigenvalue weighted by Crippen LogP contribution is 2.32. The van der Waals surface area contributed by atoms with Gasteiger partial charge in [0.15, 0.2) is 0 Å². The first-order valence-electron chi connectivity index (χ1n) is 8.74. The van der Waals surface area contributed by atoms with Gasteiger partial charge in [-0.2, -0.15) is 0 Å². The van der Waals surface area contributed by atoms with E-state index in [1.165, 1.54) is 12.8 Å². The molecule has 23 heavy (non-hydrogen) atoms. The Kier molecular flexibility index (Phi) is 5.16. The zero-order valence-corrected chi connectivity index (χ0v) is 13.6. The molecule has 126 valence electrons. The molecule has 0 saturated heterocycles. The number of carbonyl (C=O) groups is 1. The zero-order chi connectivity index (χ0) is 16.1. The van der Waals surface area contributed by atoms with Gasteiger partial charge in [0.2, 0.25) is 11.8 Å². The normalized spacial score (nSPS) is 20.6. The SMILES string of the molecule is O=C(CC1(O)CCCC1)NCc1ccnc(OC2CCCC2)c1. The smallest absolute Gasteiger partial charge is 0.223 e. The zero-order valence-electron chi connectivity index (χ0n) is 13.6. The molecule has 5 nitrogen and oxygen atoms in total. The number of hydrogen-bond donors (Lipinski definition) is 2. The lowest BCUT2D eigenvalue weighted by Gasteiger charge is -2.21. The van der Waals surface area contributed by atoms with Crippen LogP contribution in [0.2, 0.25) is 0 Å². The molecule has 0 aromatic carbocycles. The summed E-state index contributed by atoms with van der Waals surface area (Å²) < 4.78 is 5.88. The number of rotatable bonds is 6. The Bertz CT molecular complexity index is 535. The molecule has 2 saturated carbocycles. The maximum Gasteiger partial charge on any atom is 0.223 e. The number of aliphatic hydroxyl groups is 1. The van der Waals surface area contributed by atoms with E-state index in [1.807, 2.05) is 12.1 Å². The molecule has 3 rings (SSSR count). The molecule has 0 bridgehead atoms. The monoisotopic (exact) mass is 318 g/mol. The van der Waals surface area contributed by atoms with Crippen LogP contribution in [0.4, 0.5) is 0 Å². The fraction of sp³-hybridized carbons (Fsp3) is 0.667.